The zero-order chi connectivity index (χ0) is 26.3. The van der Waals surface area contributed by atoms with Gasteiger partial charge in [-0.2, -0.15) is 0 Å². The van der Waals surface area contributed by atoms with E-state index in [4.69, 9.17) is 25.6 Å². The van der Waals surface area contributed by atoms with Crippen molar-refractivity contribution in [2.24, 2.45) is 0 Å². The zero-order valence-corrected chi connectivity index (χ0v) is 29.6. The molecule has 0 heterocycles. The van der Waals surface area contributed by atoms with Crippen LogP contribution in [0.4, 0.5) is 0 Å². The summed E-state index contributed by atoms with van der Waals surface area (Å²) in [6.45, 7) is 27.3. The highest BCUT2D eigenvalue weighted by molar-refractivity contribution is 6.85. The van der Waals surface area contributed by atoms with Crippen LogP contribution in [0.1, 0.15) is 6.42 Å². The van der Waals surface area contributed by atoms with Gasteiger partial charge < -0.3 is 35.8 Å². The van der Waals surface area contributed by atoms with E-state index in [9.17, 15) is 10.2 Å². The highest BCUT2D eigenvalue weighted by atomic mass is 28.5. The second-order valence-electron chi connectivity index (χ2n) is 12.4. The lowest BCUT2D eigenvalue weighted by molar-refractivity contribution is -0.172. The van der Waals surface area contributed by atoms with E-state index in [1.807, 2.05) is 6.55 Å². The average molecular weight is 577 g/mol. The van der Waals surface area contributed by atoms with Crippen LogP contribution in [-0.4, -0.2) is 87.2 Å². The first-order valence-corrected chi connectivity index (χ1v) is 29.5. The van der Waals surface area contributed by atoms with Gasteiger partial charge in [0, 0.05) is 13.2 Å². The van der Waals surface area contributed by atoms with Crippen molar-refractivity contribution >= 4 is 51.4 Å². The molecular weight excluding hydrogens is 525 g/mol. The summed E-state index contributed by atoms with van der Waals surface area (Å²) in [5, 5.41) is 20.0. The molecule has 0 spiro atoms. The van der Waals surface area contributed by atoms with Gasteiger partial charge in [0.25, 0.3) is 0 Å². The fourth-order valence-electron chi connectivity index (χ4n) is 3.08. The lowest BCUT2D eigenvalue weighted by Crippen LogP contribution is -2.58. The fourth-order valence-corrected chi connectivity index (χ4v) is 21.9. The second-order valence-corrected chi connectivity index (χ2v) is 36.2. The largest absolute Gasteiger partial charge is 0.478 e. The Kier molecular flexibility index (Phi) is 13.9. The van der Waals surface area contributed by atoms with E-state index in [0.717, 1.165) is 12.5 Å². The Balaban J connectivity index is 5.24. The van der Waals surface area contributed by atoms with Crippen LogP contribution in [0.2, 0.25) is 91.2 Å². The van der Waals surface area contributed by atoms with Crippen molar-refractivity contribution in [1.29, 1.82) is 0 Å². The number of ether oxygens (including phenoxy) is 1. The lowest BCUT2D eigenvalue weighted by atomic mass is 10.4. The highest BCUT2D eigenvalue weighted by Crippen LogP contribution is 2.25. The Labute approximate surface area is 210 Å². The third-order valence-electron chi connectivity index (χ3n) is 3.65. The fraction of sp³-hybridized carbons (Fsp3) is 1.00. The molecule has 8 nitrogen and oxygen atoms in total. The van der Waals surface area contributed by atoms with Crippen LogP contribution in [0.25, 0.3) is 0 Å². The maximum Gasteiger partial charge on any atom is 0.478 e. The molecule has 33 heavy (non-hydrogen) atoms. The molecule has 0 aromatic heterocycles. The molecule has 0 bridgehead atoms. The van der Waals surface area contributed by atoms with E-state index in [1.54, 1.807) is 0 Å². The summed E-state index contributed by atoms with van der Waals surface area (Å²) in [7, 11) is -12.3. The van der Waals surface area contributed by atoms with Crippen LogP contribution in [0, 0.1) is 0 Å². The van der Waals surface area contributed by atoms with Crippen molar-refractivity contribution < 1.29 is 35.8 Å². The van der Waals surface area contributed by atoms with Gasteiger partial charge in [-0.25, -0.2) is 0 Å². The summed E-state index contributed by atoms with van der Waals surface area (Å²) in [5.74, 6) is 0. The standard InChI is InChI=1S/C19H52O8Si6/c1-29(2,3)24-28(25-30(4,5)6)16-14-15-22-19(18(21)17-20)23-33(13,26-31(7,8)9)27-32(10,11)12/h18-21,28H,14-17H2,1-13H3. The summed E-state index contributed by atoms with van der Waals surface area (Å²) in [6.07, 6.45) is -1.47. The highest BCUT2D eigenvalue weighted by Gasteiger charge is 2.46. The molecule has 0 aliphatic rings. The third-order valence-corrected chi connectivity index (χ3v) is 20.8. The van der Waals surface area contributed by atoms with Crippen molar-refractivity contribution in [1.82, 2.24) is 0 Å². The molecule has 0 saturated heterocycles. The molecule has 0 amide bonds. The van der Waals surface area contributed by atoms with E-state index in [-0.39, 0.29) is 0 Å². The molecule has 0 radical (unpaired) electrons. The summed E-state index contributed by atoms with van der Waals surface area (Å²) >= 11 is 0. The van der Waals surface area contributed by atoms with Gasteiger partial charge in [0.15, 0.2) is 39.6 Å². The molecule has 0 aromatic carbocycles. The van der Waals surface area contributed by atoms with E-state index < -0.39 is 70.4 Å². The van der Waals surface area contributed by atoms with Gasteiger partial charge in [0.1, 0.15) is 6.10 Å². The maximum atomic E-state index is 10.4. The first-order chi connectivity index (χ1) is 14.5. The summed E-state index contributed by atoms with van der Waals surface area (Å²) in [5.41, 5.74) is 0. The van der Waals surface area contributed by atoms with Crippen LogP contribution in [0.5, 0.6) is 0 Å². The van der Waals surface area contributed by atoms with Crippen molar-refractivity contribution in [2.45, 2.75) is 110 Å². The molecule has 0 aromatic rings. The molecule has 14 heteroatoms. The molecular formula is C19H52O8Si6. The van der Waals surface area contributed by atoms with Gasteiger partial charge in [-0.15, -0.1) is 0 Å². The van der Waals surface area contributed by atoms with Crippen LogP contribution < -0.4 is 0 Å². The lowest BCUT2D eigenvalue weighted by Gasteiger charge is -2.39. The Morgan fingerprint density at radius 2 is 1.12 bits per heavy atom. The topological polar surface area (TPSA) is 95.8 Å². The van der Waals surface area contributed by atoms with Gasteiger partial charge in [0.2, 0.25) is 0 Å². The average Bonchev–Trinajstić information content (AvgIpc) is 2.49. The van der Waals surface area contributed by atoms with Gasteiger partial charge >= 0.3 is 18.1 Å². The summed E-state index contributed by atoms with van der Waals surface area (Å²) in [4.78, 5) is 0. The summed E-state index contributed by atoms with van der Waals surface area (Å²) < 4.78 is 37.6. The molecule has 2 atom stereocenters. The van der Waals surface area contributed by atoms with E-state index >= 15 is 0 Å². The predicted octanol–water partition coefficient (Wildman–Crippen LogP) is 4.28. The molecule has 0 aliphatic carbocycles. The smallest absolute Gasteiger partial charge is 0.439 e. The molecule has 2 N–H and O–H groups in total. The zero-order valence-electron chi connectivity index (χ0n) is 23.4. The molecule has 0 aliphatic heterocycles. The Morgan fingerprint density at radius 3 is 1.45 bits per heavy atom. The SMILES string of the molecule is C[Si](C)(C)O[SiH](CCCOC(O[Si](C)(O[Si](C)(C)C)O[Si](C)(C)C)C(O)CO)O[Si](C)(C)C. The van der Waals surface area contributed by atoms with Crippen LogP contribution in [0.15, 0.2) is 0 Å². The van der Waals surface area contributed by atoms with Crippen molar-refractivity contribution in [2.75, 3.05) is 13.2 Å². The maximum absolute atomic E-state index is 10.4. The van der Waals surface area contributed by atoms with Crippen LogP contribution in [-0.2, 0) is 25.6 Å². The van der Waals surface area contributed by atoms with E-state index in [1.165, 1.54) is 0 Å². The minimum absolute atomic E-state index is 0.361. The minimum atomic E-state index is -3.11. The van der Waals surface area contributed by atoms with Gasteiger partial charge in [-0.1, -0.05) is 0 Å². The molecule has 0 fully saturated rings. The first kappa shape index (κ1) is 34.0. The third kappa shape index (κ3) is 18.8. The number of hydrogen-bond acceptors (Lipinski definition) is 8. The van der Waals surface area contributed by atoms with Crippen LogP contribution in [0.3, 0.4) is 0 Å². The Bertz CT molecular complexity index is 524. The monoisotopic (exact) mass is 576 g/mol. The molecule has 200 valence electrons. The van der Waals surface area contributed by atoms with Crippen molar-refractivity contribution in [3.05, 3.63) is 0 Å². The number of hydrogen-bond donors (Lipinski definition) is 2. The number of rotatable bonds is 17. The van der Waals surface area contributed by atoms with Crippen molar-refractivity contribution in [3.63, 3.8) is 0 Å². The van der Waals surface area contributed by atoms with Crippen molar-refractivity contribution in [3.8, 4) is 0 Å². The van der Waals surface area contributed by atoms with Crippen LogP contribution >= 0.6 is 0 Å². The molecule has 2 unspecified atom stereocenters. The molecule has 0 rings (SSSR count). The van der Waals surface area contributed by atoms with Gasteiger partial charge in [0.05, 0.1) is 6.61 Å². The second kappa shape index (κ2) is 13.5. The first-order valence-electron chi connectivity index (χ1n) is 11.9. The number of aliphatic hydroxyl groups is 2. The summed E-state index contributed by atoms with van der Waals surface area (Å²) in [6, 6.07) is 0.821. The van der Waals surface area contributed by atoms with Gasteiger partial charge in [-0.05, 0) is 91.0 Å². The van der Waals surface area contributed by atoms with E-state index in [0.29, 0.717) is 6.61 Å². The number of aliphatic hydroxyl groups excluding tert-OH is 2. The minimum Gasteiger partial charge on any atom is -0.439 e. The molecule has 0 saturated carbocycles. The van der Waals surface area contributed by atoms with E-state index in [2.05, 4.69) is 78.6 Å². The normalized spacial score (nSPS) is 16.4. The Hall–Kier alpha value is 0.981. The quantitative estimate of drug-likeness (QED) is 0.150. The predicted molar refractivity (Wildman–Crippen MR) is 150 cm³/mol. The Morgan fingerprint density at radius 1 is 0.697 bits per heavy atom. The van der Waals surface area contributed by atoms with Gasteiger partial charge in [-0.3, -0.25) is 0 Å².